The van der Waals surface area contributed by atoms with Gasteiger partial charge in [-0.1, -0.05) is 26.0 Å². The van der Waals surface area contributed by atoms with Gasteiger partial charge in [-0.25, -0.2) is 9.78 Å². The van der Waals surface area contributed by atoms with Crippen molar-refractivity contribution in [2.45, 2.75) is 177 Å². The molecule has 0 saturated carbocycles. The van der Waals surface area contributed by atoms with Gasteiger partial charge in [-0.2, -0.15) is 24.4 Å². The van der Waals surface area contributed by atoms with Gasteiger partial charge in [0.2, 0.25) is 53.2 Å². The normalized spacial score (nSPS) is 16.5. The van der Waals surface area contributed by atoms with Crippen LogP contribution in [0.25, 0.3) is 0 Å². The number of unbranched alkanes of at least 4 members (excludes halogenated alkanes) is 2. The van der Waals surface area contributed by atoms with Crippen molar-refractivity contribution in [3.8, 4) is 5.75 Å². The molecular weight excluding hydrogens is 1160 g/mol. The summed E-state index contributed by atoms with van der Waals surface area (Å²) >= 11 is 5.70. The lowest BCUT2D eigenvalue weighted by Crippen LogP contribution is -2.61. The SMILES string of the molecule is CSCC[C@H](NC(=O)[C@H](CS)NC(=O)[C@H](Cc1ccc(O)cc1)NC(=O)[C@H](CCCCN)NC(=O)[C@H](CC(C)C)NC(=O)[C@@H](N)[C@@H](C)O)C(=O)N[C@@H](CCCCN)C(=O)N[C@@H](Cc1cnc[nH]1)C(=O)N1CCC[C@H]1C(=O)N[C@@H](CCC(=O)O)C(=O)O. The third kappa shape index (κ3) is 25.1. The van der Waals surface area contributed by atoms with E-state index in [-0.39, 0.29) is 82.0 Å². The molecular formula is C55H88N14O15S2. The highest BCUT2D eigenvalue weighted by Gasteiger charge is 2.41. The van der Waals surface area contributed by atoms with Crippen LogP contribution in [0.1, 0.15) is 109 Å². The van der Waals surface area contributed by atoms with Gasteiger partial charge in [-0.05, 0) is 126 Å². The number of phenolic OH excluding ortho intramolecular Hbond substituents is 1. The second kappa shape index (κ2) is 38.2. The van der Waals surface area contributed by atoms with E-state index in [1.807, 2.05) is 13.8 Å². The lowest BCUT2D eigenvalue weighted by Gasteiger charge is -2.30. The van der Waals surface area contributed by atoms with Crippen LogP contribution in [0.15, 0.2) is 36.8 Å². The standard InChI is InChI=1S/C55H88N14O15S2/c1-30(2)24-39(66-53(81)45(58)31(3)70)49(77)62-35(10-5-7-20-56)46(74)65-40(25-32-13-15-34(71)16-14-32)50(78)68-42(28-85)51(79)63-37(19-23-86-4)48(76)61-36(11-6-8-21-57)47(75)67-41(26-33-27-59-29-60-33)54(82)69-22-9-12-43(69)52(80)64-38(55(83)84)17-18-44(72)73/h13-16,27,29-31,35-43,45,70-71,85H,5-12,17-26,28,56-58H2,1-4H3,(H,59,60)(H,61,76)(H,62,77)(H,63,79)(H,64,80)(H,65,74)(H,66,81)(H,67,75)(H,68,78)(H,72,73)(H,83,84)/t31-,35+,36+,37+,38+,39+,40+,41+,42+,43+,45+/m1/s1. The Labute approximate surface area is 509 Å². The predicted octanol–water partition coefficient (Wildman–Crippen LogP) is -2.59. The number of benzene rings is 1. The third-order valence-electron chi connectivity index (χ3n) is 14.1. The molecule has 29 nitrogen and oxygen atoms in total. The van der Waals surface area contributed by atoms with Gasteiger partial charge >= 0.3 is 11.9 Å². The number of aromatic amines is 1. The molecule has 11 atom stereocenters. The maximum atomic E-state index is 14.5. The molecule has 0 aliphatic carbocycles. The molecule has 1 aliphatic rings. The first kappa shape index (κ1) is 73.2. The zero-order chi connectivity index (χ0) is 64.0. The number of hydrogen-bond donors (Lipinski definition) is 17. The predicted molar refractivity (Wildman–Crippen MR) is 321 cm³/mol. The number of aliphatic hydroxyl groups is 1. The average molecular weight is 1250 g/mol. The van der Waals surface area contributed by atoms with Crippen LogP contribution in [0.4, 0.5) is 0 Å². The van der Waals surface area contributed by atoms with E-state index < -0.39 is 144 Å². The fourth-order valence-electron chi connectivity index (χ4n) is 9.24. The molecule has 1 fully saturated rings. The number of nitrogens with one attached hydrogen (secondary N) is 9. The van der Waals surface area contributed by atoms with Crippen LogP contribution < -0.4 is 59.7 Å². The maximum Gasteiger partial charge on any atom is 0.326 e. The molecule has 19 N–H and O–H groups in total. The van der Waals surface area contributed by atoms with Crippen molar-refractivity contribution in [1.82, 2.24) is 57.4 Å². The Hall–Kier alpha value is -7.06. The van der Waals surface area contributed by atoms with E-state index in [9.17, 15) is 68.1 Å². The lowest BCUT2D eigenvalue weighted by molar-refractivity contribution is -0.145. The number of carbonyl (C=O) groups is 11. The summed E-state index contributed by atoms with van der Waals surface area (Å²) in [6, 6.07) is -7.68. The number of aromatic nitrogens is 2. The Balaban J connectivity index is 1.91. The van der Waals surface area contributed by atoms with Crippen molar-refractivity contribution in [2.24, 2.45) is 23.1 Å². The molecule has 480 valence electrons. The van der Waals surface area contributed by atoms with Crippen LogP contribution in [0.5, 0.6) is 5.75 Å². The number of nitrogens with zero attached hydrogens (tertiary/aromatic N) is 2. The molecule has 9 amide bonds. The summed E-state index contributed by atoms with van der Waals surface area (Å²) in [5.41, 5.74) is 18.3. The number of carboxylic acid groups (broad SMARTS) is 2. The number of carbonyl (C=O) groups excluding carboxylic acids is 9. The molecule has 31 heteroatoms. The summed E-state index contributed by atoms with van der Waals surface area (Å²) in [6.45, 7) is 5.49. The van der Waals surface area contributed by atoms with Crippen LogP contribution >= 0.6 is 24.4 Å². The third-order valence-corrected chi connectivity index (χ3v) is 15.1. The Bertz CT molecular complexity index is 2550. The first-order valence-corrected chi connectivity index (χ1v) is 30.7. The molecule has 1 aliphatic heterocycles. The summed E-state index contributed by atoms with van der Waals surface area (Å²) in [5, 5.41) is 59.8. The van der Waals surface area contributed by atoms with Crippen molar-refractivity contribution in [3.63, 3.8) is 0 Å². The van der Waals surface area contributed by atoms with E-state index in [1.54, 1.807) is 6.26 Å². The summed E-state index contributed by atoms with van der Waals surface area (Å²) < 4.78 is 0. The van der Waals surface area contributed by atoms with Crippen LogP contribution in [0, 0.1) is 5.92 Å². The zero-order valence-corrected chi connectivity index (χ0v) is 50.8. The van der Waals surface area contributed by atoms with Gasteiger partial charge < -0.3 is 90.0 Å². The summed E-state index contributed by atoms with van der Waals surface area (Å²) in [5.74, 6) is -10.2. The van der Waals surface area contributed by atoms with Gasteiger partial charge in [0.25, 0.3) is 0 Å². The maximum absolute atomic E-state index is 14.5. The molecule has 1 aromatic heterocycles. The molecule has 1 saturated heterocycles. The molecule has 3 rings (SSSR count). The van der Waals surface area contributed by atoms with Gasteiger partial charge in [0.15, 0.2) is 0 Å². The highest BCUT2D eigenvalue weighted by atomic mass is 32.2. The van der Waals surface area contributed by atoms with E-state index in [1.165, 1.54) is 60.4 Å². The molecule has 0 spiro atoms. The van der Waals surface area contributed by atoms with E-state index in [2.05, 4.69) is 65.1 Å². The van der Waals surface area contributed by atoms with Crippen LogP contribution in [0.2, 0.25) is 0 Å². The number of thioether (sulfide) groups is 1. The first-order valence-electron chi connectivity index (χ1n) is 28.7. The van der Waals surface area contributed by atoms with E-state index in [0.717, 1.165) is 0 Å². The lowest BCUT2D eigenvalue weighted by atomic mass is 10.0. The van der Waals surface area contributed by atoms with Crippen LogP contribution in [-0.2, 0) is 65.6 Å². The molecule has 0 bridgehead atoms. The second-order valence-corrected chi connectivity index (χ2v) is 22.9. The number of hydrogen-bond acceptors (Lipinski definition) is 19. The average Bonchev–Trinajstić information content (AvgIpc) is 2.69. The van der Waals surface area contributed by atoms with Crippen molar-refractivity contribution in [1.29, 1.82) is 0 Å². The smallest absolute Gasteiger partial charge is 0.326 e. The van der Waals surface area contributed by atoms with E-state index in [4.69, 9.17) is 22.3 Å². The molecule has 0 radical (unpaired) electrons. The van der Waals surface area contributed by atoms with E-state index in [0.29, 0.717) is 49.1 Å². The van der Waals surface area contributed by atoms with Gasteiger partial charge in [0, 0.05) is 43.5 Å². The number of phenols is 1. The number of aliphatic hydroxyl groups excluding tert-OH is 1. The number of rotatable bonds is 40. The Kier molecular flexibility index (Phi) is 32.5. The number of amides is 9. The number of aromatic hydroxyl groups is 1. The first-order chi connectivity index (χ1) is 40.8. The van der Waals surface area contributed by atoms with Crippen molar-refractivity contribution in [2.75, 3.05) is 37.4 Å². The Morgan fingerprint density at radius 2 is 1.19 bits per heavy atom. The number of carboxylic acids is 2. The van der Waals surface area contributed by atoms with Crippen molar-refractivity contribution in [3.05, 3.63) is 48.0 Å². The molecule has 2 heterocycles. The fraction of sp³-hybridized carbons (Fsp3) is 0.636. The summed E-state index contributed by atoms with van der Waals surface area (Å²) in [7, 11) is 0. The summed E-state index contributed by atoms with van der Waals surface area (Å²) in [6.07, 6.45) is 4.25. The van der Waals surface area contributed by atoms with Gasteiger partial charge in [0.05, 0.1) is 12.4 Å². The number of thiol groups is 1. The number of nitrogens with two attached hydrogens (primary N) is 3. The van der Waals surface area contributed by atoms with E-state index >= 15 is 0 Å². The van der Waals surface area contributed by atoms with Gasteiger partial charge in [0.1, 0.15) is 66.2 Å². The minimum absolute atomic E-state index is 0.0133. The second-order valence-electron chi connectivity index (χ2n) is 21.5. The molecule has 0 unspecified atom stereocenters. The Morgan fingerprint density at radius 1 is 0.674 bits per heavy atom. The zero-order valence-electron chi connectivity index (χ0n) is 49.1. The number of H-pyrrole nitrogens is 1. The van der Waals surface area contributed by atoms with Crippen molar-refractivity contribution < 1.29 is 73.2 Å². The number of likely N-dealkylation sites (tertiary alicyclic amines) is 1. The largest absolute Gasteiger partial charge is 0.508 e. The van der Waals surface area contributed by atoms with Crippen LogP contribution in [-0.4, -0.2) is 204 Å². The van der Waals surface area contributed by atoms with Crippen LogP contribution in [0.3, 0.4) is 0 Å². The molecule has 2 aromatic rings. The van der Waals surface area contributed by atoms with Crippen molar-refractivity contribution >= 4 is 89.5 Å². The minimum atomic E-state index is -1.56. The quantitative estimate of drug-likeness (QED) is 0.0241. The highest BCUT2D eigenvalue weighted by molar-refractivity contribution is 7.98. The van der Waals surface area contributed by atoms with Gasteiger partial charge in [-0.15, -0.1) is 0 Å². The summed E-state index contributed by atoms with van der Waals surface area (Å²) in [4.78, 5) is 158. The topological polar surface area (TPSA) is 475 Å². The fourth-order valence-corrected chi connectivity index (χ4v) is 9.96. The van der Waals surface area contributed by atoms with Gasteiger partial charge in [-0.3, -0.25) is 47.9 Å². The number of imidazole rings is 1. The number of aliphatic carboxylic acids is 2. The highest BCUT2D eigenvalue weighted by Crippen LogP contribution is 2.21. The Morgan fingerprint density at radius 3 is 1.69 bits per heavy atom. The monoisotopic (exact) mass is 1250 g/mol. The molecule has 86 heavy (non-hydrogen) atoms. The minimum Gasteiger partial charge on any atom is -0.508 e. The molecule has 1 aromatic carbocycles.